The Bertz CT molecular complexity index is 894. The third-order valence-corrected chi connectivity index (χ3v) is 6.46. The Kier molecular flexibility index (Phi) is 16.0. The Morgan fingerprint density at radius 2 is 1.23 bits per heavy atom. The van der Waals surface area contributed by atoms with Gasteiger partial charge in [-0.05, 0) is 37.5 Å². The van der Waals surface area contributed by atoms with E-state index < -0.39 is 77.7 Å². The zero-order valence-electron chi connectivity index (χ0n) is 24.5. The molecule has 0 saturated heterocycles. The number of nitrogens with one attached hydrogen (secondary N) is 4. The van der Waals surface area contributed by atoms with E-state index in [9.17, 15) is 39.0 Å². The molecule has 0 radical (unpaired) electrons. The van der Waals surface area contributed by atoms with Crippen molar-refractivity contribution in [3.63, 3.8) is 0 Å². The second kappa shape index (κ2) is 17.4. The molecule has 14 nitrogen and oxygen atoms in total. The molecule has 0 spiro atoms. The van der Waals surface area contributed by atoms with E-state index in [4.69, 9.17) is 11.5 Å². The minimum Gasteiger partial charge on any atom is -0.480 e. The van der Waals surface area contributed by atoms with Crippen molar-refractivity contribution in [2.75, 3.05) is 0 Å². The van der Waals surface area contributed by atoms with Crippen LogP contribution in [0, 0.1) is 17.8 Å². The molecule has 40 heavy (non-hydrogen) atoms. The van der Waals surface area contributed by atoms with Gasteiger partial charge in [-0.1, -0.05) is 48.0 Å². The number of carbonyl (C=O) groups excluding carboxylic acids is 5. The molecule has 0 rings (SSSR count). The summed E-state index contributed by atoms with van der Waals surface area (Å²) >= 11 is 0. The number of aliphatic hydroxyl groups excluding tert-OH is 1. The van der Waals surface area contributed by atoms with Crippen LogP contribution in [0.4, 0.5) is 0 Å². The molecule has 14 heteroatoms. The number of carboxylic acid groups (broad SMARTS) is 1. The third-order valence-electron chi connectivity index (χ3n) is 6.46. The van der Waals surface area contributed by atoms with Gasteiger partial charge in [-0.25, -0.2) is 4.79 Å². The summed E-state index contributed by atoms with van der Waals surface area (Å²) < 4.78 is 0. The van der Waals surface area contributed by atoms with E-state index in [1.807, 2.05) is 20.8 Å². The van der Waals surface area contributed by atoms with Crippen LogP contribution in [-0.4, -0.2) is 82.0 Å². The lowest BCUT2D eigenvalue weighted by molar-refractivity contribution is -0.143. The highest BCUT2D eigenvalue weighted by Crippen LogP contribution is 2.12. The highest BCUT2D eigenvalue weighted by molar-refractivity contribution is 5.95. The summed E-state index contributed by atoms with van der Waals surface area (Å²) in [5.41, 5.74) is 11.0. The van der Waals surface area contributed by atoms with Gasteiger partial charge in [-0.3, -0.25) is 24.0 Å². The quantitative estimate of drug-likeness (QED) is 0.0974. The van der Waals surface area contributed by atoms with Gasteiger partial charge in [0.25, 0.3) is 0 Å². The van der Waals surface area contributed by atoms with Crippen LogP contribution in [0.3, 0.4) is 0 Å². The molecule has 0 aliphatic heterocycles. The number of primary amides is 1. The zero-order chi connectivity index (χ0) is 31.3. The second-order valence-corrected chi connectivity index (χ2v) is 11.0. The molecule has 7 atom stereocenters. The van der Waals surface area contributed by atoms with Crippen molar-refractivity contribution in [2.24, 2.45) is 29.2 Å². The van der Waals surface area contributed by atoms with Crippen molar-refractivity contribution in [2.45, 2.75) is 110 Å². The standard InChI is InChI=1S/C26H48N6O8/c1-8-14(6)20(31-22(35)16(27)11-12(2)3)24(37)30-19(13(4)5)23(36)32-21(15(7)33)25(38)29-17(26(39)40)9-10-18(28)34/h12-17,19-21,33H,8-11,27H2,1-7H3,(H2,28,34)(H,29,38)(H,30,37)(H,31,35)(H,32,36)(H,39,40)/t14-,15+,16-,17-,19-,20-,21-/m0/s1. The van der Waals surface area contributed by atoms with E-state index in [1.165, 1.54) is 6.92 Å². The van der Waals surface area contributed by atoms with E-state index >= 15 is 0 Å². The van der Waals surface area contributed by atoms with E-state index in [-0.39, 0.29) is 24.7 Å². The number of nitrogens with two attached hydrogens (primary N) is 2. The Morgan fingerprint density at radius 1 is 0.750 bits per heavy atom. The van der Waals surface area contributed by atoms with E-state index in [0.717, 1.165) is 0 Å². The predicted molar refractivity (Wildman–Crippen MR) is 147 cm³/mol. The summed E-state index contributed by atoms with van der Waals surface area (Å²) in [7, 11) is 0. The zero-order valence-corrected chi connectivity index (χ0v) is 24.5. The van der Waals surface area contributed by atoms with Gasteiger partial charge in [0, 0.05) is 6.42 Å². The minimum atomic E-state index is -1.57. The fraction of sp³-hybridized carbons (Fsp3) is 0.769. The Labute approximate surface area is 235 Å². The highest BCUT2D eigenvalue weighted by Gasteiger charge is 2.35. The molecule has 0 heterocycles. The highest BCUT2D eigenvalue weighted by atomic mass is 16.4. The smallest absolute Gasteiger partial charge is 0.326 e. The molecule has 0 aliphatic rings. The van der Waals surface area contributed by atoms with Gasteiger partial charge in [0.2, 0.25) is 29.5 Å². The maximum Gasteiger partial charge on any atom is 0.326 e. The first-order chi connectivity index (χ1) is 18.4. The normalized spacial score (nSPS) is 16.6. The molecule has 5 amide bonds. The van der Waals surface area contributed by atoms with Gasteiger partial charge < -0.3 is 42.9 Å². The van der Waals surface area contributed by atoms with E-state index in [1.54, 1.807) is 20.8 Å². The molecule has 10 N–H and O–H groups in total. The van der Waals surface area contributed by atoms with Crippen LogP contribution in [-0.2, 0) is 28.8 Å². The van der Waals surface area contributed by atoms with Gasteiger partial charge in [0.05, 0.1) is 12.1 Å². The molecular weight excluding hydrogens is 524 g/mol. The number of carbonyl (C=O) groups is 6. The molecule has 0 aromatic heterocycles. The predicted octanol–water partition coefficient (Wildman–Crippen LogP) is -1.27. The average Bonchev–Trinajstić information content (AvgIpc) is 2.84. The van der Waals surface area contributed by atoms with Crippen LogP contribution < -0.4 is 32.7 Å². The molecule has 0 aliphatic carbocycles. The number of aliphatic hydroxyl groups is 1. The number of rotatable bonds is 18. The summed E-state index contributed by atoms with van der Waals surface area (Å²) in [5, 5.41) is 29.4. The molecule has 0 unspecified atom stereocenters. The van der Waals surface area contributed by atoms with E-state index in [0.29, 0.717) is 12.8 Å². The van der Waals surface area contributed by atoms with Crippen molar-refractivity contribution < 1.29 is 39.0 Å². The van der Waals surface area contributed by atoms with Crippen molar-refractivity contribution >= 4 is 35.5 Å². The first-order valence-electron chi connectivity index (χ1n) is 13.6. The summed E-state index contributed by atoms with van der Waals surface area (Å²) in [6, 6.07) is -6.02. The lowest BCUT2D eigenvalue weighted by Gasteiger charge is -2.30. The minimum absolute atomic E-state index is 0.165. The van der Waals surface area contributed by atoms with Gasteiger partial charge in [-0.15, -0.1) is 0 Å². The first-order valence-corrected chi connectivity index (χ1v) is 13.6. The van der Waals surface area contributed by atoms with Crippen molar-refractivity contribution in [3.05, 3.63) is 0 Å². The second-order valence-electron chi connectivity index (χ2n) is 11.0. The molecular formula is C26H48N6O8. The van der Waals surface area contributed by atoms with Crippen molar-refractivity contribution in [3.8, 4) is 0 Å². The van der Waals surface area contributed by atoms with Crippen molar-refractivity contribution in [1.29, 1.82) is 0 Å². The van der Waals surface area contributed by atoms with Crippen LogP contribution in [0.25, 0.3) is 0 Å². The van der Waals surface area contributed by atoms with Crippen LogP contribution in [0.2, 0.25) is 0 Å². The largest absolute Gasteiger partial charge is 0.480 e. The SMILES string of the molecule is CC[C@H](C)[C@H](NC(=O)[C@@H](N)CC(C)C)C(=O)N[C@H](C(=O)N[C@H](C(=O)N[C@@H](CCC(N)=O)C(=O)O)[C@@H](C)O)C(C)C. The lowest BCUT2D eigenvalue weighted by atomic mass is 9.95. The Morgan fingerprint density at radius 3 is 1.65 bits per heavy atom. The average molecular weight is 573 g/mol. The van der Waals surface area contributed by atoms with Crippen LogP contribution in [0.15, 0.2) is 0 Å². The fourth-order valence-corrected chi connectivity index (χ4v) is 3.81. The number of carboxylic acids is 1. The maximum atomic E-state index is 13.3. The molecule has 0 aromatic carbocycles. The molecule has 230 valence electrons. The summed E-state index contributed by atoms with van der Waals surface area (Å²) in [4.78, 5) is 74.4. The molecule has 0 fully saturated rings. The molecule has 0 saturated carbocycles. The monoisotopic (exact) mass is 572 g/mol. The topological polar surface area (TPSA) is 243 Å². The fourth-order valence-electron chi connectivity index (χ4n) is 3.81. The van der Waals surface area contributed by atoms with Crippen LogP contribution in [0.1, 0.15) is 74.1 Å². The number of hydrogen-bond donors (Lipinski definition) is 8. The van der Waals surface area contributed by atoms with Gasteiger partial charge in [0.1, 0.15) is 24.2 Å². The number of aliphatic carboxylic acids is 1. The van der Waals surface area contributed by atoms with E-state index in [2.05, 4.69) is 21.3 Å². The van der Waals surface area contributed by atoms with Gasteiger partial charge >= 0.3 is 5.97 Å². The van der Waals surface area contributed by atoms with Crippen LogP contribution in [0.5, 0.6) is 0 Å². The van der Waals surface area contributed by atoms with Gasteiger partial charge in [0.15, 0.2) is 0 Å². The third kappa shape index (κ3) is 12.7. The Hall–Kier alpha value is -3.26. The van der Waals surface area contributed by atoms with Gasteiger partial charge in [-0.2, -0.15) is 0 Å². The molecule has 0 aromatic rings. The maximum absolute atomic E-state index is 13.3. The van der Waals surface area contributed by atoms with Crippen molar-refractivity contribution in [1.82, 2.24) is 21.3 Å². The summed E-state index contributed by atoms with van der Waals surface area (Å²) in [6.07, 6.45) is -1.06. The summed E-state index contributed by atoms with van der Waals surface area (Å²) in [6.45, 7) is 12.0. The summed E-state index contributed by atoms with van der Waals surface area (Å²) in [5.74, 6) is -5.71. The van der Waals surface area contributed by atoms with Crippen LogP contribution >= 0.6 is 0 Å². The Balaban J connectivity index is 5.72. The number of amides is 5. The first kappa shape index (κ1) is 36.7. The lowest BCUT2D eigenvalue weighted by Crippen LogP contribution is -2.62. The number of hydrogen-bond acceptors (Lipinski definition) is 8. The molecule has 0 bridgehead atoms.